The molecule has 1 saturated carbocycles. The molecule has 0 bridgehead atoms. The minimum atomic E-state index is -3.76. The van der Waals surface area contributed by atoms with Crippen LogP contribution in [0.15, 0.2) is 23.1 Å². The summed E-state index contributed by atoms with van der Waals surface area (Å²) in [5, 5.41) is 12.8. The molecule has 1 aliphatic carbocycles. The van der Waals surface area contributed by atoms with E-state index in [2.05, 4.69) is 5.32 Å². The first kappa shape index (κ1) is 28.2. The van der Waals surface area contributed by atoms with Gasteiger partial charge < -0.3 is 15.2 Å². The average Bonchev–Trinajstić information content (AvgIpc) is 2.72. The fourth-order valence-electron chi connectivity index (χ4n) is 4.34. The number of carbonyl (C=O) groups excluding carboxylic acids is 1. The van der Waals surface area contributed by atoms with Gasteiger partial charge in [-0.2, -0.15) is 4.31 Å². The molecule has 0 aromatic heterocycles. The Kier molecular flexibility index (Phi) is 11.5. The number of carbonyl (C=O) groups is 1. The quantitative estimate of drug-likeness (QED) is 0.661. The number of nitrogens with zero attached hydrogens (tertiary/aromatic N) is 1. The van der Waals surface area contributed by atoms with Crippen LogP contribution in [0.2, 0.25) is 0 Å². The molecule has 1 aromatic rings. The normalized spacial score (nSPS) is 20.7. The van der Waals surface area contributed by atoms with Crippen LogP contribution in [0.25, 0.3) is 0 Å². The number of rotatable bonds is 6. The third-order valence-corrected chi connectivity index (χ3v) is 8.06. The molecule has 2 N–H and O–H groups in total. The zero-order valence-corrected chi connectivity index (χ0v) is 20.0. The number of hydrogen-bond donors (Lipinski definition) is 2. The van der Waals surface area contributed by atoms with Gasteiger partial charge in [0.2, 0.25) is 15.9 Å². The summed E-state index contributed by atoms with van der Waals surface area (Å²) < 4.78 is 33.1. The van der Waals surface area contributed by atoms with E-state index in [1.807, 2.05) is 0 Å². The number of amides is 1. The van der Waals surface area contributed by atoms with E-state index >= 15 is 0 Å². The third-order valence-electron chi connectivity index (χ3n) is 6.11. The van der Waals surface area contributed by atoms with Crippen molar-refractivity contribution in [1.29, 1.82) is 0 Å². The zero-order valence-electron chi connectivity index (χ0n) is 19.1. The molecule has 3 rings (SSSR count). The lowest BCUT2D eigenvalue weighted by atomic mass is 9.90. The molecule has 8 heteroatoms. The molecule has 1 saturated heterocycles. The highest BCUT2D eigenvalue weighted by atomic mass is 32.2. The molecule has 1 aromatic carbocycles. The maximum Gasteiger partial charge on any atom is 0.243 e. The Bertz CT molecular complexity index is 820. The molecule has 1 unspecified atom stereocenters. The fraction of sp³-hybridized carbons (Fsp3) is 0.583. The van der Waals surface area contributed by atoms with Crippen molar-refractivity contribution in [2.75, 3.05) is 20.2 Å². The first-order valence-corrected chi connectivity index (χ1v) is 12.4. The van der Waals surface area contributed by atoms with Gasteiger partial charge in [-0.25, -0.2) is 8.42 Å². The monoisotopic (exact) mass is 465 g/mol. The van der Waals surface area contributed by atoms with Crippen molar-refractivity contribution >= 4 is 15.9 Å². The van der Waals surface area contributed by atoms with Crippen molar-refractivity contribution in [3.8, 4) is 11.5 Å². The Balaban J connectivity index is 0.00000256. The molecule has 1 amide bonds. The summed E-state index contributed by atoms with van der Waals surface area (Å²) in [5.41, 5.74) is 0. The van der Waals surface area contributed by atoms with Gasteiger partial charge in [0.25, 0.3) is 0 Å². The van der Waals surface area contributed by atoms with Crippen LogP contribution in [0.5, 0.6) is 11.5 Å². The van der Waals surface area contributed by atoms with Crippen molar-refractivity contribution in [1.82, 2.24) is 9.62 Å². The lowest BCUT2D eigenvalue weighted by molar-refractivity contribution is -0.120. The predicted molar refractivity (Wildman–Crippen MR) is 125 cm³/mol. The summed E-state index contributed by atoms with van der Waals surface area (Å²) >= 11 is 0. The average molecular weight is 466 g/mol. The van der Waals surface area contributed by atoms with Gasteiger partial charge in [-0.05, 0) is 37.8 Å². The van der Waals surface area contributed by atoms with Gasteiger partial charge in [0, 0.05) is 25.2 Å². The molecule has 1 atom stereocenters. The van der Waals surface area contributed by atoms with Gasteiger partial charge in [0.15, 0.2) is 11.5 Å². The molecule has 32 heavy (non-hydrogen) atoms. The van der Waals surface area contributed by atoms with Crippen molar-refractivity contribution in [3.05, 3.63) is 39.0 Å². The minimum absolute atomic E-state index is 0. The van der Waals surface area contributed by atoms with Crippen LogP contribution in [0.3, 0.4) is 0 Å². The number of sulfonamides is 1. The number of nitrogens with one attached hydrogen (secondary N) is 1. The SMILES string of the molecule is COc1cc(S(=O)(=O)N2CCCCC2CNC(=O)[C]2CCCCCCC2)ccc1O.[CH2].[CH2]. The fourth-order valence-corrected chi connectivity index (χ4v) is 6.05. The first-order valence-electron chi connectivity index (χ1n) is 10.9. The van der Waals surface area contributed by atoms with Crippen LogP contribution in [0.1, 0.15) is 64.2 Å². The molecule has 5 radical (unpaired) electrons. The largest absolute Gasteiger partial charge is 0.504 e. The maximum atomic E-state index is 13.3. The predicted octanol–water partition coefficient (Wildman–Crippen LogP) is 4.03. The smallest absolute Gasteiger partial charge is 0.243 e. The molecule has 7 nitrogen and oxygen atoms in total. The van der Waals surface area contributed by atoms with Crippen molar-refractivity contribution in [3.63, 3.8) is 0 Å². The van der Waals surface area contributed by atoms with E-state index < -0.39 is 10.0 Å². The standard InChI is InChI=1S/C22H33N2O5S.2CH2/c1-29-21-15-19(12-13-20(21)25)30(27,28)24-14-8-7-11-18(24)16-23-22(26)17-9-5-3-2-4-6-10-17;;/h12-13,15,18,25H,2-11,14,16H2,1H3,(H,23,26);2*1H2. The van der Waals surface area contributed by atoms with Crippen LogP contribution < -0.4 is 10.1 Å². The Hall–Kier alpha value is -1.80. The Labute approximate surface area is 194 Å². The molecule has 1 heterocycles. The van der Waals surface area contributed by atoms with Gasteiger partial charge in [0.05, 0.1) is 17.9 Å². The Morgan fingerprint density at radius 1 is 1.09 bits per heavy atom. The summed E-state index contributed by atoms with van der Waals surface area (Å²) in [4.78, 5) is 12.8. The number of hydrogen-bond acceptors (Lipinski definition) is 5. The van der Waals surface area contributed by atoms with Crippen LogP contribution in [0.4, 0.5) is 0 Å². The summed E-state index contributed by atoms with van der Waals surface area (Å²) in [6, 6.07) is 3.79. The molecular weight excluding hydrogens is 428 g/mol. The van der Waals surface area contributed by atoms with Crippen LogP contribution in [-0.2, 0) is 14.8 Å². The van der Waals surface area contributed by atoms with Gasteiger partial charge in [-0.1, -0.05) is 53.4 Å². The number of methoxy groups -OCH3 is 1. The van der Waals surface area contributed by atoms with Gasteiger partial charge >= 0.3 is 0 Å². The maximum absolute atomic E-state index is 13.3. The first-order chi connectivity index (χ1) is 14.4. The highest BCUT2D eigenvalue weighted by molar-refractivity contribution is 7.89. The summed E-state index contributed by atoms with van der Waals surface area (Å²) in [7, 11) is -2.37. The van der Waals surface area contributed by atoms with Crippen LogP contribution in [0, 0.1) is 20.8 Å². The Morgan fingerprint density at radius 2 is 1.75 bits per heavy atom. The second-order valence-electron chi connectivity index (χ2n) is 8.18. The molecular formula is C24H37N2O5S. The van der Waals surface area contributed by atoms with Crippen LogP contribution >= 0.6 is 0 Å². The van der Waals surface area contributed by atoms with E-state index in [0.717, 1.165) is 44.4 Å². The van der Waals surface area contributed by atoms with E-state index in [1.165, 1.54) is 48.9 Å². The van der Waals surface area contributed by atoms with Crippen molar-refractivity contribution in [2.24, 2.45) is 0 Å². The number of phenols is 1. The molecule has 179 valence electrons. The molecule has 2 aliphatic rings. The second kappa shape index (κ2) is 13.0. The van der Waals surface area contributed by atoms with E-state index in [9.17, 15) is 18.3 Å². The van der Waals surface area contributed by atoms with Crippen molar-refractivity contribution < 1.29 is 23.1 Å². The van der Waals surface area contributed by atoms with Gasteiger partial charge in [0.1, 0.15) is 0 Å². The van der Waals surface area contributed by atoms with E-state index in [4.69, 9.17) is 4.74 Å². The molecule has 0 spiro atoms. The van der Waals surface area contributed by atoms with Gasteiger partial charge in [-0.15, -0.1) is 0 Å². The minimum Gasteiger partial charge on any atom is -0.504 e. The topological polar surface area (TPSA) is 95.9 Å². The summed E-state index contributed by atoms with van der Waals surface area (Å²) in [6.07, 6.45) is 9.79. The van der Waals surface area contributed by atoms with E-state index in [1.54, 1.807) is 0 Å². The Morgan fingerprint density at radius 3 is 2.41 bits per heavy atom. The third kappa shape index (κ3) is 6.85. The number of piperidine rings is 1. The lowest BCUT2D eigenvalue weighted by Crippen LogP contribution is -2.49. The number of ether oxygens (including phenoxy) is 1. The summed E-state index contributed by atoms with van der Waals surface area (Å²) in [6.45, 7) is 0.736. The number of aromatic hydroxyl groups is 1. The number of benzene rings is 1. The van der Waals surface area contributed by atoms with E-state index in [0.29, 0.717) is 19.5 Å². The number of phenolic OH excluding ortho intramolecular Hbond substituents is 1. The van der Waals surface area contributed by atoms with Crippen molar-refractivity contribution in [2.45, 2.75) is 75.1 Å². The zero-order chi connectivity index (χ0) is 21.6. The molecule has 1 aliphatic heterocycles. The highest BCUT2D eigenvalue weighted by Gasteiger charge is 2.34. The van der Waals surface area contributed by atoms with E-state index in [-0.39, 0.29) is 43.2 Å². The second-order valence-corrected chi connectivity index (χ2v) is 10.1. The highest BCUT2D eigenvalue weighted by Crippen LogP contribution is 2.32. The van der Waals surface area contributed by atoms with Gasteiger partial charge in [-0.3, -0.25) is 4.79 Å². The summed E-state index contributed by atoms with van der Waals surface area (Å²) in [5.74, 6) is 0.947. The molecule has 2 fully saturated rings. The lowest BCUT2D eigenvalue weighted by Gasteiger charge is -2.35. The van der Waals surface area contributed by atoms with Crippen LogP contribution in [-0.4, -0.2) is 50.0 Å².